The zero-order valence-corrected chi connectivity index (χ0v) is 11.6. The van der Waals surface area contributed by atoms with Crippen LogP contribution in [0.4, 0.5) is 0 Å². The van der Waals surface area contributed by atoms with Crippen LogP contribution in [0.1, 0.15) is 23.0 Å². The fourth-order valence-electron chi connectivity index (χ4n) is 2.38. The van der Waals surface area contributed by atoms with Crippen molar-refractivity contribution in [3.8, 4) is 11.3 Å². The molecule has 0 fully saturated rings. The minimum Gasteiger partial charge on any atom is -0.462 e. The molecular formula is C15H15NO2S. The lowest BCUT2D eigenvalue weighted by Gasteiger charge is -2.09. The van der Waals surface area contributed by atoms with E-state index < -0.39 is 0 Å². The van der Waals surface area contributed by atoms with Crippen LogP contribution in [-0.4, -0.2) is 17.1 Å². The molecule has 0 saturated heterocycles. The number of carbonyl (C=O) groups excluding carboxylic acids is 1. The highest BCUT2D eigenvalue weighted by atomic mass is 32.2. The molecule has 2 aromatic rings. The van der Waals surface area contributed by atoms with Crippen LogP contribution in [0.2, 0.25) is 0 Å². The maximum absolute atomic E-state index is 12.1. The van der Waals surface area contributed by atoms with Crippen LogP contribution in [0.25, 0.3) is 11.3 Å². The van der Waals surface area contributed by atoms with Crippen molar-refractivity contribution in [2.24, 2.45) is 0 Å². The normalized spacial score (nSPS) is 13.3. The second-order valence-electron chi connectivity index (χ2n) is 4.39. The molecule has 1 aromatic carbocycles. The molecule has 0 saturated carbocycles. The van der Waals surface area contributed by atoms with Crippen molar-refractivity contribution in [2.75, 3.05) is 6.61 Å². The van der Waals surface area contributed by atoms with Gasteiger partial charge in [0, 0.05) is 11.4 Å². The number of thioether (sulfide) groups is 1. The molecule has 0 atom stereocenters. The van der Waals surface area contributed by atoms with Gasteiger partial charge in [0.15, 0.2) is 0 Å². The van der Waals surface area contributed by atoms with E-state index in [1.807, 2.05) is 55.1 Å². The largest absolute Gasteiger partial charge is 0.462 e. The average molecular weight is 273 g/mol. The molecule has 0 amide bonds. The number of hydrogen-bond donors (Lipinski definition) is 0. The first kappa shape index (κ1) is 12.4. The second-order valence-corrected chi connectivity index (χ2v) is 5.35. The minimum atomic E-state index is -0.228. The highest BCUT2D eigenvalue weighted by Gasteiger charge is 2.24. The first-order valence-corrected chi connectivity index (χ1v) is 7.49. The number of aromatic nitrogens is 1. The quantitative estimate of drug-likeness (QED) is 0.802. The highest BCUT2D eigenvalue weighted by Crippen LogP contribution is 2.35. The van der Waals surface area contributed by atoms with Crippen LogP contribution in [-0.2, 0) is 16.4 Å². The number of rotatable bonds is 3. The Morgan fingerprint density at radius 1 is 1.37 bits per heavy atom. The molecule has 0 radical (unpaired) electrons. The summed E-state index contributed by atoms with van der Waals surface area (Å²) in [7, 11) is 0. The predicted molar refractivity (Wildman–Crippen MR) is 77.1 cm³/mol. The lowest BCUT2D eigenvalue weighted by Crippen LogP contribution is -2.06. The first-order valence-electron chi connectivity index (χ1n) is 6.34. The summed E-state index contributed by atoms with van der Waals surface area (Å²) in [5.41, 5.74) is 3.94. The Bertz CT molecular complexity index is 604. The Morgan fingerprint density at radius 3 is 2.89 bits per heavy atom. The summed E-state index contributed by atoms with van der Waals surface area (Å²) in [5.74, 6) is 1.63. The summed E-state index contributed by atoms with van der Waals surface area (Å²) in [6.45, 7) is 2.24. The maximum atomic E-state index is 12.1. The molecular weight excluding hydrogens is 258 g/mol. The van der Waals surface area contributed by atoms with Gasteiger partial charge in [0.05, 0.1) is 23.7 Å². The number of ether oxygens (including phenoxy) is 1. The highest BCUT2D eigenvalue weighted by molar-refractivity contribution is 7.97. The molecule has 0 aliphatic carbocycles. The second kappa shape index (κ2) is 5.13. The summed E-state index contributed by atoms with van der Waals surface area (Å²) >= 11 is 1.86. The molecule has 0 N–H and O–H groups in total. The van der Waals surface area contributed by atoms with E-state index >= 15 is 0 Å². The Morgan fingerprint density at radius 2 is 2.16 bits per heavy atom. The van der Waals surface area contributed by atoms with Gasteiger partial charge >= 0.3 is 5.97 Å². The third-order valence-electron chi connectivity index (χ3n) is 3.20. The molecule has 1 aromatic heterocycles. The fourth-order valence-corrected chi connectivity index (χ4v) is 3.40. The number of carbonyl (C=O) groups is 1. The topological polar surface area (TPSA) is 31.2 Å². The lowest BCUT2D eigenvalue weighted by molar-refractivity contribution is 0.0527. The van der Waals surface area contributed by atoms with E-state index in [2.05, 4.69) is 4.57 Å². The van der Waals surface area contributed by atoms with Crippen molar-refractivity contribution in [1.82, 2.24) is 4.57 Å². The third-order valence-corrected chi connectivity index (χ3v) is 4.14. The zero-order valence-electron chi connectivity index (χ0n) is 10.8. The molecule has 19 heavy (non-hydrogen) atoms. The monoisotopic (exact) mass is 273 g/mol. The first-order chi connectivity index (χ1) is 9.31. The van der Waals surface area contributed by atoms with Gasteiger partial charge in [-0.25, -0.2) is 4.79 Å². The summed E-state index contributed by atoms with van der Waals surface area (Å²) in [5, 5.41) is 0. The van der Waals surface area contributed by atoms with E-state index in [1.54, 1.807) is 0 Å². The number of benzene rings is 1. The van der Waals surface area contributed by atoms with E-state index in [0.29, 0.717) is 12.2 Å². The number of fused-ring (bicyclic) bond motifs is 1. The van der Waals surface area contributed by atoms with Crippen molar-refractivity contribution in [2.45, 2.75) is 18.6 Å². The SMILES string of the molecule is CCOC(=O)c1cc2n(c1-c1ccccc1)CSC2. The van der Waals surface area contributed by atoms with E-state index in [4.69, 9.17) is 4.74 Å². The van der Waals surface area contributed by atoms with Gasteiger partial charge < -0.3 is 9.30 Å². The van der Waals surface area contributed by atoms with E-state index in [-0.39, 0.29) is 5.97 Å². The van der Waals surface area contributed by atoms with E-state index in [1.165, 1.54) is 5.69 Å². The average Bonchev–Trinajstić information content (AvgIpc) is 2.99. The zero-order chi connectivity index (χ0) is 13.2. The molecule has 3 rings (SSSR count). The number of esters is 1. The van der Waals surface area contributed by atoms with Gasteiger partial charge in [-0.15, -0.1) is 11.8 Å². The number of nitrogens with zero attached hydrogens (tertiary/aromatic N) is 1. The van der Waals surface area contributed by atoms with Gasteiger partial charge in [-0.05, 0) is 18.6 Å². The van der Waals surface area contributed by atoms with Gasteiger partial charge in [-0.3, -0.25) is 0 Å². The van der Waals surface area contributed by atoms with E-state index in [9.17, 15) is 4.79 Å². The lowest BCUT2D eigenvalue weighted by atomic mass is 10.1. The predicted octanol–water partition coefficient (Wildman–Crippen LogP) is 3.54. The van der Waals surface area contributed by atoms with Crippen LogP contribution in [0.15, 0.2) is 36.4 Å². The van der Waals surface area contributed by atoms with Gasteiger partial charge in [-0.1, -0.05) is 30.3 Å². The van der Waals surface area contributed by atoms with Gasteiger partial charge in [0.25, 0.3) is 0 Å². The Kier molecular flexibility index (Phi) is 3.34. The molecule has 2 heterocycles. The standard InChI is InChI=1S/C15H15NO2S/c1-2-18-15(17)13-8-12-9-19-10-16(12)14(13)11-6-4-3-5-7-11/h3-8H,2,9-10H2,1H3. The minimum absolute atomic E-state index is 0.228. The third kappa shape index (κ3) is 2.16. The van der Waals surface area contributed by atoms with Crippen molar-refractivity contribution in [1.29, 1.82) is 0 Å². The van der Waals surface area contributed by atoms with Crippen molar-refractivity contribution < 1.29 is 9.53 Å². The summed E-state index contributed by atoms with van der Waals surface area (Å²) < 4.78 is 7.38. The Balaban J connectivity index is 2.13. The maximum Gasteiger partial charge on any atom is 0.340 e. The van der Waals surface area contributed by atoms with Crippen LogP contribution in [0.5, 0.6) is 0 Å². The molecule has 0 unspecified atom stereocenters. The molecule has 0 bridgehead atoms. The van der Waals surface area contributed by atoms with Crippen molar-refractivity contribution in [3.63, 3.8) is 0 Å². The molecule has 3 nitrogen and oxygen atoms in total. The van der Waals surface area contributed by atoms with Crippen LogP contribution in [0, 0.1) is 0 Å². The molecule has 1 aliphatic rings. The summed E-state index contributed by atoms with van der Waals surface area (Å²) in [6, 6.07) is 12.0. The summed E-state index contributed by atoms with van der Waals surface area (Å²) in [4.78, 5) is 12.1. The van der Waals surface area contributed by atoms with Crippen LogP contribution in [0.3, 0.4) is 0 Å². The van der Waals surface area contributed by atoms with E-state index in [0.717, 1.165) is 22.9 Å². The smallest absolute Gasteiger partial charge is 0.340 e. The Hall–Kier alpha value is -1.68. The van der Waals surface area contributed by atoms with Gasteiger partial charge in [0.2, 0.25) is 0 Å². The molecule has 0 spiro atoms. The molecule has 4 heteroatoms. The molecule has 1 aliphatic heterocycles. The Labute approximate surface area is 116 Å². The van der Waals surface area contributed by atoms with Crippen molar-refractivity contribution >= 4 is 17.7 Å². The van der Waals surface area contributed by atoms with Gasteiger partial charge in [0.1, 0.15) is 0 Å². The molecule has 98 valence electrons. The van der Waals surface area contributed by atoms with Crippen molar-refractivity contribution in [3.05, 3.63) is 47.7 Å². The fraction of sp³-hybridized carbons (Fsp3) is 0.267. The van der Waals surface area contributed by atoms with Crippen LogP contribution < -0.4 is 0 Å². The number of hydrogen-bond acceptors (Lipinski definition) is 3. The van der Waals surface area contributed by atoms with Gasteiger partial charge in [-0.2, -0.15) is 0 Å². The summed E-state index contributed by atoms with van der Waals surface area (Å²) in [6.07, 6.45) is 0. The van der Waals surface area contributed by atoms with Crippen LogP contribution >= 0.6 is 11.8 Å².